The predicted molar refractivity (Wildman–Crippen MR) is 95.9 cm³/mol. The fourth-order valence-corrected chi connectivity index (χ4v) is 3.28. The maximum atomic E-state index is 12.4. The van der Waals surface area contributed by atoms with Crippen LogP contribution in [0.4, 0.5) is 0 Å². The largest absolute Gasteiger partial charge is 0.291 e. The first-order chi connectivity index (χ1) is 11.1. The van der Waals surface area contributed by atoms with Gasteiger partial charge >= 0.3 is 0 Å². The molecule has 2 aromatic carbocycles. The van der Waals surface area contributed by atoms with Gasteiger partial charge in [0, 0.05) is 10.8 Å². The van der Waals surface area contributed by atoms with Gasteiger partial charge in [-0.1, -0.05) is 53.5 Å². The molecule has 116 valence electrons. The summed E-state index contributed by atoms with van der Waals surface area (Å²) in [4.78, 5) is 13.0. The Kier molecular flexibility index (Phi) is 5.06. The number of benzene rings is 2. The van der Waals surface area contributed by atoms with Gasteiger partial charge in [0.15, 0.2) is 0 Å². The topological polar surface area (TPSA) is 34.9 Å². The molecule has 0 bridgehead atoms. The summed E-state index contributed by atoms with van der Waals surface area (Å²) in [5.74, 6) is 0.688. The quantitative estimate of drug-likeness (QED) is 0.623. The second-order valence-corrected chi connectivity index (χ2v) is 6.62. The zero-order chi connectivity index (χ0) is 16.2. The third-order valence-electron chi connectivity index (χ3n) is 3.20. The molecule has 0 aliphatic rings. The van der Waals surface area contributed by atoms with Crippen LogP contribution in [0.1, 0.15) is 5.56 Å². The fraction of sp³-hybridized carbons (Fsp3) is 0.0588. The Balaban J connectivity index is 1.83. The Morgan fingerprint density at radius 2 is 1.70 bits per heavy atom. The molecule has 0 radical (unpaired) electrons. The molecule has 0 saturated heterocycles. The van der Waals surface area contributed by atoms with Crippen LogP contribution in [0.25, 0.3) is 5.69 Å². The van der Waals surface area contributed by atoms with E-state index in [0.717, 1.165) is 5.56 Å². The smallest absolute Gasteiger partial charge is 0.266 e. The highest BCUT2D eigenvalue weighted by Crippen LogP contribution is 2.27. The summed E-state index contributed by atoms with van der Waals surface area (Å²) in [6.07, 6.45) is 1.62. The average molecular weight is 363 g/mol. The molecule has 23 heavy (non-hydrogen) atoms. The molecule has 0 saturated carbocycles. The summed E-state index contributed by atoms with van der Waals surface area (Å²) in [6.45, 7) is 0. The van der Waals surface area contributed by atoms with Crippen molar-refractivity contribution in [3.8, 4) is 5.69 Å². The van der Waals surface area contributed by atoms with Gasteiger partial charge in [-0.3, -0.25) is 4.79 Å². The van der Waals surface area contributed by atoms with E-state index in [-0.39, 0.29) is 10.6 Å². The van der Waals surface area contributed by atoms with E-state index in [1.54, 1.807) is 6.20 Å². The van der Waals surface area contributed by atoms with E-state index in [0.29, 0.717) is 21.4 Å². The third-order valence-corrected chi connectivity index (χ3v) is 5.02. The number of halogens is 2. The van der Waals surface area contributed by atoms with Crippen molar-refractivity contribution >= 4 is 35.0 Å². The highest BCUT2D eigenvalue weighted by atomic mass is 35.5. The maximum absolute atomic E-state index is 12.4. The Morgan fingerprint density at radius 1 is 1.00 bits per heavy atom. The van der Waals surface area contributed by atoms with E-state index in [2.05, 4.69) is 5.10 Å². The van der Waals surface area contributed by atoms with Gasteiger partial charge in [0.1, 0.15) is 5.02 Å². The number of aromatic nitrogens is 2. The van der Waals surface area contributed by atoms with Crippen molar-refractivity contribution in [3.63, 3.8) is 0 Å². The Hall–Kier alpha value is -1.75. The summed E-state index contributed by atoms with van der Waals surface area (Å²) in [5, 5.41) is 5.09. The highest BCUT2D eigenvalue weighted by Gasteiger charge is 2.11. The lowest BCUT2D eigenvalue weighted by atomic mass is 10.2. The molecular weight excluding hydrogens is 351 g/mol. The molecule has 0 fully saturated rings. The van der Waals surface area contributed by atoms with Gasteiger partial charge < -0.3 is 0 Å². The van der Waals surface area contributed by atoms with Gasteiger partial charge in [-0.2, -0.15) is 9.78 Å². The summed E-state index contributed by atoms with van der Waals surface area (Å²) in [6, 6.07) is 16.8. The van der Waals surface area contributed by atoms with E-state index in [9.17, 15) is 4.79 Å². The lowest BCUT2D eigenvalue weighted by molar-refractivity contribution is 0.791. The number of nitrogens with zero attached hydrogens (tertiary/aromatic N) is 2. The van der Waals surface area contributed by atoms with Crippen LogP contribution in [0.5, 0.6) is 0 Å². The van der Waals surface area contributed by atoms with Crippen LogP contribution in [-0.4, -0.2) is 9.78 Å². The monoisotopic (exact) mass is 362 g/mol. The summed E-state index contributed by atoms with van der Waals surface area (Å²) in [5.41, 5.74) is 1.47. The number of para-hydroxylation sites is 1. The molecule has 0 amide bonds. The minimum atomic E-state index is -0.320. The molecule has 0 spiro atoms. The molecule has 0 N–H and O–H groups in total. The lowest BCUT2D eigenvalue weighted by Crippen LogP contribution is -2.21. The molecule has 1 heterocycles. The SMILES string of the molecule is O=c1c(Cl)c(SCc2ccc(Cl)cc2)cnn1-c1ccccc1. The Bertz CT molecular complexity index is 864. The highest BCUT2D eigenvalue weighted by molar-refractivity contribution is 7.98. The molecule has 3 aromatic rings. The van der Waals surface area contributed by atoms with Crippen molar-refractivity contribution in [3.05, 3.63) is 86.8 Å². The molecule has 1 aromatic heterocycles. The van der Waals surface area contributed by atoms with Crippen molar-refractivity contribution in [2.45, 2.75) is 10.6 Å². The molecule has 6 heteroatoms. The second-order valence-electron chi connectivity index (χ2n) is 4.79. The van der Waals surface area contributed by atoms with Crippen LogP contribution >= 0.6 is 35.0 Å². The molecule has 3 nitrogen and oxygen atoms in total. The molecule has 0 atom stereocenters. The van der Waals surface area contributed by atoms with Gasteiger partial charge in [0.25, 0.3) is 5.56 Å². The molecular formula is C17H12Cl2N2OS. The number of hydrogen-bond acceptors (Lipinski definition) is 3. The first-order valence-electron chi connectivity index (χ1n) is 6.85. The number of thioether (sulfide) groups is 1. The van der Waals surface area contributed by atoms with Crippen LogP contribution < -0.4 is 5.56 Å². The Labute approximate surface area is 147 Å². The van der Waals surface area contributed by atoms with Crippen LogP contribution in [0, 0.1) is 0 Å². The van der Waals surface area contributed by atoms with E-state index in [1.165, 1.54) is 16.4 Å². The first-order valence-corrected chi connectivity index (χ1v) is 8.60. The fourth-order valence-electron chi connectivity index (χ4n) is 2.01. The standard InChI is InChI=1S/C17H12Cl2N2OS/c18-13-8-6-12(7-9-13)11-23-15-10-20-21(17(22)16(15)19)14-4-2-1-3-5-14/h1-10H,11H2. The van der Waals surface area contributed by atoms with Crippen molar-refractivity contribution in [2.24, 2.45) is 0 Å². The zero-order valence-electron chi connectivity index (χ0n) is 11.9. The second kappa shape index (κ2) is 7.21. The van der Waals surface area contributed by atoms with Crippen LogP contribution in [-0.2, 0) is 5.75 Å². The third kappa shape index (κ3) is 3.78. The summed E-state index contributed by atoms with van der Waals surface area (Å²) in [7, 11) is 0. The number of rotatable bonds is 4. The lowest BCUT2D eigenvalue weighted by Gasteiger charge is -2.08. The van der Waals surface area contributed by atoms with E-state index in [1.807, 2.05) is 54.6 Å². The van der Waals surface area contributed by atoms with Crippen molar-refractivity contribution in [2.75, 3.05) is 0 Å². The van der Waals surface area contributed by atoms with E-state index >= 15 is 0 Å². The molecule has 0 aliphatic heterocycles. The van der Waals surface area contributed by atoms with E-state index in [4.69, 9.17) is 23.2 Å². The van der Waals surface area contributed by atoms with Crippen molar-refractivity contribution < 1.29 is 0 Å². The zero-order valence-corrected chi connectivity index (χ0v) is 14.3. The molecule has 0 unspecified atom stereocenters. The predicted octanol–water partition coefficient (Wildman–Crippen LogP) is 4.83. The summed E-state index contributed by atoms with van der Waals surface area (Å²) >= 11 is 13.6. The van der Waals surface area contributed by atoms with Crippen LogP contribution in [0.2, 0.25) is 10.0 Å². The minimum Gasteiger partial charge on any atom is -0.266 e. The van der Waals surface area contributed by atoms with Gasteiger partial charge in [-0.15, -0.1) is 11.8 Å². The van der Waals surface area contributed by atoms with Gasteiger partial charge in [0.2, 0.25) is 0 Å². The molecule has 0 aliphatic carbocycles. The Morgan fingerprint density at radius 3 is 2.39 bits per heavy atom. The maximum Gasteiger partial charge on any atom is 0.291 e. The van der Waals surface area contributed by atoms with Gasteiger partial charge in [0.05, 0.1) is 16.8 Å². The average Bonchev–Trinajstić information content (AvgIpc) is 2.58. The normalized spacial score (nSPS) is 10.7. The van der Waals surface area contributed by atoms with Crippen LogP contribution in [0.15, 0.2) is 70.5 Å². The number of hydrogen-bond donors (Lipinski definition) is 0. The van der Waals surface area contributed by atoms with E-state index < -0.39 is 0 Å². The molecule has 3 rings (SSSR count). The van der Waals surface area contributed by atoms with Crippen molar-refractivity contribution in [1.29, 1.82) is 0 Å². The first kappa shape index (κ1) is 16.1. The summed E-state index contributed by atoms with van der Waals surface area (Å²) < 4.78 is 1.30. The van der Waals surface area contributed by atoms with Gasteiger partial charge in [-0.25, -0.2) is 0 Å². The van der Waals surface area contributed by atoms with Gasteiger partial charge in [-0.05, 0) is 29.8 Å². The minimum absolute atomic E-state index is 0.183. The van der Waals surface area contributed by atoms with Crippen LogP contribution in [0.3, 0.4) is 0 Å². The van der Waals surface area contributed by atoms with Crippen molar-refractivity contribution in [1.82, 2.24) is 9.78 Å².